The van der Waals surface area contributed by atoms with Crippen LogP contribution in [0.2, 0.25) is 0 Å². The highest BCUT2D eigenvalue weighted by molar-refractivity contribution is 9.09. The Hall–Kier alpha value is -1.03. The minimum atomic E-state index is -0.150. The average Bonchev–Trinajstić information content (AvgIpc) is 2.21. The molecule has 0 aliphatic rings. The zero-order chi connectivity index (χ0) is 12.1. The van der Waals surface area contributed by atoms with Crippen LogP contribution in [0.1, 0.15) is 29.3 Å². The van der Waals surface area contributed by atoms with Gasteiger partial charge in [0.2, 0.25) is 0 Å². The molecule has 0 spiro atoms. The van der Waals surface area contributed by atoms with Gasteiger partial charge < -0.3 is 10.4 Å². The number of aromatic hydroxyl groups is 1. The van der Waals surface area contributed by atoms with Gasteiger partial charge in [0.25, 0.3) is 5.91 Å². The Balaban J connectivity index is 2.56. The first-order valence-corrected chi connectivity index (χ1v) is 6.14. The highest BCUT2D eigenvalue weighted by Crippen LogP contribution is 2.17. The Morgan fingerprint density at radius 1 is 1.56 bits per heavy atom. The van der Waals surface area contributed by atoms with Crippen LogP contribution in [0.25, 0.3) is 0 Å². The highest BCUT2D eigenvalue weighted by Gasteiger charge is 2.07. The fourth-order valence-corrected chi connectivity index (χ4v) is 1.47. The number of phenols is 1. The van der Waals surface area contributed by atoms with Crippen molar-refractivity contribution in [2.75, 3.05) is 6.54 Å². The largest absolute Gasteiger partial charge is 0.508 e. The third-order valence-electron chi connectivity index (χ3n) is 2.30. The molecule has 0 aromatic heterocycles. The molecule has 3 nitrogen and oxygen atoms in total. The maximum Gasteiger partial charge on any atom is 0.251 e. The molecule has 0 bridgehead atoms. The van der Waals surface area contributed by atoms with E-state index in [1.807, 2.05) is 6.92 Å². The van der Waals surface area contributed by atoms with Crippen molar-refractivity contribution in [3.05, 3.63) is 29.3 Å². The van der Waals surface area contributed by atoms with Crippen molar-refractivity contribution in [2.45, 2.75) is 25.1 Å². The molecule has 1 aromatic carbocycles. The highest BCUT2D eigenvalue weighted by atomic mass is 79.9. The van der Waals surface area contributed by atoms with Crippen molar-refractivity contribution in [1.82, 2.24) is 5.32 Å². The Kier molecular flexibility index (Phi) is 4.80. The molecule has 1 rings (SSSR count). The van der Waals surface area contributed by atoms with Gasteiger partial charge in [-0.1, -0.05) is 28.9 Å². The molecule has 1 aromatic rings. The second-order valence-corrected chi connectivity index (χ2v) is 5.39. The SMILES string of the molecule is Cc1ccc(C(=O)NCCC(C)Br)cc1O. The lowest BCUT2D eigenvalue weighted by atomic mass is 10.1. The number of carbonyl (C=O) groups is 1. The van der Waals surface area contributed by atoms with Crippen molar-refractivity contribution < 1.29 is 9.90 Å². The minimum absolute atomic E-state index is 0.150. The topological polar surface area (TPSA) is 49.3 Å². The maximum atomic E-state index is 11.7. The molecule has 0 aliphatic carbocycles. The molecular formula is C12H16BrNO2. The van der Waals surface area contributed by atoms with Crippen LogP contribution in [-0.2, 0) is 0 Å². The predicted octanol–water partition coefficient (Wildman–Crippen LogP) is 2.60. The molecule has 1 atom stereocenters. The number of benzene rings is 1. The molecule has 0 saturated carbocycles. The smallest absolute Gasteiger partial charge is 0.251 e. The van der Waals surface area contributed by atoms with E-state index in [9.17, 15) is 9.90 Å². The Morgan fingerprint density at radius 3 is 2.81 bits per heavy atom. The molecule has 88 valence electrons. The first kappa shape index (κ1) is 13.0. The maximum absolute atomic E-state index is 11.7. The molecule has 0 fully saturated rings. The van der Waals surface area contributed by atoms with Crippen LogP contribution in [0, 0.1) is 6.92 Å². The lowest BCUT2D eigenvalue weighted by Gasteiger charge is -2.07. The summed E-state index contributed by atoms with van der Waals surface area (Å²) in [7, 11) is 0. The van der Waals surface area contributed by atoms with Gasteiger partial charge in [0.15, 0.2) is 0 Å². The minimum Gasteiger partial charge on any atom is -0.508 e. The lowest BCUT2D eigenvalue weighted by Crippen LogP contribution is -2.25. The second-order valence-electron chi connectivity index (χ2n) is 3.83. The van der Waals surface area contributed by atoms with Crippen molar-refractivity contribution in [3.8, 4) is 5.75 Å². The van der Waals surface area contributed by atoms with E-state index >= 15 is 0 Å². The predicted molar refractivity (Wildman–Crippen MR) is 68.2 cm³/mol. The average molecular weight is 286 g/mol. The van der Waals surface area contributed by atoms with Gasteiger partial charge in [-0.15, -0.1) is 0 Å². The summed E-state index contributed by atoms with van der Waals surface area (Å²) in [5, 5.41) is 12.3. The number of amides is 1. The van der Waals surface area contributed by atoms with E-state index in [-0.39, 0.29) is 11.7 Å². The zero-order valence-corrected chi connectivity index (χ0v) is 11.0. The summed E-state index contributed by atoms with van der Waals surface area (Å²) in [5.41, 5.74) is 1.26. The zero-order valence-electron chi connectivity index (χ0n) is 9.46. The van der Waals surface area contributed by atoms with Gasteiger partial charge in [0, 0.05) is 16.9 Å². The number of hydrogen-bond donors (Lipinski definition) is 2. The second kappa shape index (κ2) is 5.89. The number of halogens is 1. The molecule has 4 heteroatoms. The van der Waals surface area contributed by atoms with E-state index in [0.717, 1.165) is 12.0 Å². The van der Waals surface area contributed by atoms with Gasteiger partial charge in [-0.3, -0.25) is 4.79 Å². The van der Waals surface area contributed by atoms with Gasteiger partial charge in [-0.2, -0.15) is 0 Å². The van der Waals surface area contributed by atoms with Gasteiger partial charge in [-0.05, 0) is 31.0 Å². The van der Waals surface area contributed by atoms with Gasteiger partial charge in [0.05, 0.1) is 0 Å². The van der Waals surface area contributed by atoms with E-state index in [1.54, 1.807) is 19.1 Å². The van der Waals surface area contributed by atoms with Crippen LogP contribution in [0.3, 0.4) is 0 Å². The molecule has 0 radical (unpaired) electrons. The van der Waals surface area contributed by atoms with Crippen molar-refractivity contribution in [3.63, 3.8) is 0 Å². The molecule has 0 aliphatic heterocycles. The lowest BCUT2D eigenvalue weighted by molar-refractivity contribution is 0.0953. The van der Waals surface area contributed by atoms with E-state index in [1.165, 1.54) is 6.07 Å². The van der Waals surface area contributed by atoms with Gasteiger partial charge in [-0.25, -0.2) is 0 Å². The molecule has 0 heterocycles. The van der Waals surface area contributed by atoms with Crippen molar-refractivity contribution in [1.29, 1.82) is 0 Å². The van der Waals surface area contributed by atoms with Crippen molar-refractivity contribution in [2.24, 2.45) is 0 Å². The van der Waals surface area contributed by atoms with Gasteiger partial charge >= 0.3 is 0 Å². The third-order valence-corrected chi connectivity index (χ3v) is 2.76. The monoisotopic (exact) mass is 285 g/mol. The number of hydrogen-bond acceptors (Lipinski definition) is 2. The molecule has 2 N–H and O–H groups in total. The first-order valence-electron chi connectivity index (χ1n) is 5.22. The summed E-state index contributed by atoms with van der Waals surface area (Å²) in [6.07, 6.45) is 0.879. The first-order chi connectivity index (χ1) is 7.50. The van der Waals surface area contributed by atoms with E-state index < -0.39 is 0 Å². The molecule has 1 unspecified atom stereocenters. The normalized spacial score (nSPS) is 12.2. The number of aryl methyl sites for hydroxylation is 1. The fraction of sp³-hybridized carbons (Fsp3) is 0.417. The number of rotatable bonds is 4. The number of nitrogens with one attached hydrogen (secondary N) is 1. The van der Waals surface area contributed by atoms with E-state index in [0.29, 0.717) is 16.9 Å². The van der Waals surface area contributed by atoms with Crippen LogP contribution in [0.15, 0.2) is 18.2 Å². The summed E-state index contributed by atoms with van der Waals surface area (Å²) < 4.78 is 0. The number of carbonyl (C=O) groups excluding carboxylic acids is 1. The quantitative estimate of drug-likeness (QED) is 0.836. The summed E-state index contributed by atoms with van der Waals surface area (Å²) in [6, 6.07) is 4.93. The summed E-state index contributed by atoms with van der Waals surface area (Å²) >= 11 is 3.41. The third kappa shape index (κ3) is 3.85. The van der Waals surface area contributed by atoms with Crippen molar-refractivity contribution >= 4 is 21.8 Å². The molecule has 16 heavy (non-hydrogen) atoms. The van der Waals surface area contributed by atoms with Crippen LogP contribution in [-0.4, -0.2) is 22.4 Å². The van der Waals surface area contributed by atoms with Crippen LogP contribution in [0.5, 0.6) is 5.75 Å². The van der Waals surface area contributed by atoms with Gasteiger partial charge in [0.1, 0.15) is 5.75 Å². The van der Waals surface area contributed by atoms with Crippen LogP contribution < -0.4 is 5.32 Å². The molecule has 0 saturated heterocycles. The van der Waals surface area contributed by atoms with Crippen LogP contribution >= 0.6 is 15.9 Å². The summed E-state index contributed by atoms with van der Waals surface area (Å²) in [5.74, 6) is 0.00459. The number of alkyl halides is 1. The molecule has 1 amide bonds. The number of phenolic OH excluding ortho intramolecular Hbond substituents is 1. The summed E-state index contributed by atoms with van der Waals surface area (Å²) in [6.45, 7) is 4.45. The van der Waals surface area contributed by atoms with E-state index in [4.69, 9.17) is 0 Å². The fourth-order valence-electron chi connectivity index (χ4n) is 1.24. The van der Waals surface area contributed by atoms with Crippen LogP contribution in [0.4, 0.5) is 0 Å². The molecular weight excluding hydrogens is 270 g/mol. The Morgan fingerprint density at radius 2 is 2.25 bits per heavy atom. The Labute approximate surface area is 104 Å². The van der Waals surface area contributed by atoms with E-state index in [2.05, 4.69) is 21.2 Å². The summed E-state index contributed by atoms with van der Waals surface area (Å²) in [4.78, 5) is 12.0. The Bertz CT molecular complexity index is 377. The standard InChI is InChI=1S/C12H16BrNO2/c1-8-3-4-10(7-11(8)15)12(16)14-6-5-9(2)13/h3-4,7,9,15H,5-6H2,1-2H3,(H,14,16).